The molecule has 0 spiro atoms. The van der Waals surface area contributed by atoms with Crippen molar-refractivity contribution in [1.82, 2.24) is 0 Å². The normalized spacial score (nSPS) is 14.1. The summed E-state index contributed by atoms with van der Waals surface area (Å²) < 4.78 is 5.97. The van der Waals surface area contributed by atoms with Gasteiger partial charge in [0.05, 0.1) is 39.6 Å². The molecule has 2 aliphatic rings. The van der Waals surface area contributed by atoms with Crippen molar-refractivity contribution >= 4 is 75.5 Å². The second kappa shape index (κ2) is 22.7. The summed E-state index contributed by atoms with van der Waals surface area (Å²) in [7, 11) is 0. The molecule has 2 aliphatic carbocycles. The maximum atomic E-state index is 2.69. The summed E-state index contributed by atoms with van der Waals surface area (Å²) in [5.41, 5.74) is 22.6. The molecule has 0 fully saturated rings. The average Bonchev–Trinajstić information content (AvgIpc) is 4.31. The summed E-state index contributed by atoms with van der Waals surface area (Å²) >= 11 is 10.3. The van der Waals surface area contributed by atoms with Crippen molar-refractivity contribution in [2.24, 2.45) is 0 Å². The van der Waals surface area contributed by atoms with Gasteiger partial charge in [0.15, 0.2) is 0 Å². The molecule has 0 radical (unpaired) electrons. The predicted molar refractivity (Wildman–Crippen MR) is 336 cm³/mol. The van der Waals surface area contributed by atoms with Crippen molar-refractivity contribution in [3.05, 3.63) is 185 Å². The van der Waals surface area contributed by atoms with Gasteiger partial charge in [-0.25, -0.2) is 0 Å². The Kier molecular flexibility index (Phi) is 16.0. The van der Waals surface area contributed by atoms with E-state index in [-0.39, 0.29) is 0 Å². The minimum Gasteiger partial charge on any atom is -0.143 e. The number of rotatable bonds is 24. The molecule has 0 nitrogen and oxygen atoms in total. The molecular weight excluding hydrogens is 1000 g/mol. The van der Waals surface area contributed by atoms with Crippen LogP contribution in [0.15, 0.2) is 95.7 Å². The molecule has 0 atom stereocenters. The zero-order valence-corrected chi connectivity index (χ0v) is 50.5. The van der Waals surface area contributed by atoms with Crippen molar-refractivity contribution in [2.75, 3.05) is 0 Å². The lowest BCUT2D eigenvalue weighted by atomic mass is 9.66. The molecule has 0 bridgehead atoms. The standard InChI is InChI=1S/C70H80S5/c1-9-13-17-21-25-49-33-45(5)37-53(41-49)69(54-38-46(6)34-50(42-54)26-22-18-14-10-2)57-29-31-71-62(57)64-60(69)66-68(74-64)61-67(75-66)65-59(63-58(73-65)30-32-72-63)70(61,55-39-47(7)35-51(43-55)27-23-19-15-11-3)56-40-48(8)36-52(44-56)28-24-20-16-12-4/h29-44H,9-28H2,1-8H3. The summed E-state index contributed by atoms with van der Waals surface area (Å²) in [4.78, 5) is 6.02. The van der Waals surface area contributed by atoms with E-state index >= 15 is 0 Å². The average molecular weight is 1080 g/mol. The van der Waals surface area contributed by atoms with Crippen LogP contribution in [0.1, 0.15) is 219 Å². The molecule has 0 aliphatic heterocycles. The third kappa shape index (κ3) is 9.53. The second-order valence-electron chi connectivity index (χ2n) is 22.9. The van der Waals surface area contributed by atoms with E-state index in [1.807, 2.05) is 22.7 Å². The van der Waals surface area contributed by atoms with Crippen LogP contribution in [-0.4, -0.2) is 0 Å². The Morgan fingerprint density at radius 3 is 1.12 bits per heavy atom. The van der Waals surface area contributed by atoms with Crippen LogP contribution >= 0.6 is 56.7 Å². The minimum atomic E-state index is -0.468. The Morgan fingerprint density at radius 2 is 0.693 bits per heavy atom. The van der Waals surface area contributed by atoms with Crippen molar-refractivity contribution in [2.45, 2.75) is 195 Å². The lowest BCUT2D eigenvalue weighted by Crippen LogP contribution is -2.29. The summed E-state index contributed by atoms with van der Waals surface area (Å²) in [6, 6.07) is 36.1. The molecule has 0 N–H and O–H groups in total. The zero-order valence-electron chi connectivity index (χ0n) is 46.4. The van der Waals surface area contributed by atoms with E-state index in [4.69, 9.17) is 0 Å². The van der Waals surface area contributed by atoms with Crippen molar-refractivity contribution in [1.29, 1.82) is 0 Å². The molecule has 11 rings (SSSR count). The van der Waals surface area contributed by atoms with Crippen LogP contribution in [0.5, 0.6) is 0 Å². The van der Waals surface area contributed by atoms with Crippen molar-refractivity contribution in [3.63, 3.8) is 0 Å². The zero-order chi connectivity index (χ0) is 51.8. The van der Waals surface area contributed by atoms with Gasteiger partial charge in [0.25, 0.3) is 0 Å². The van der Waals surface area contributed by atoms with Gasteiger partial charge in [0.1, 0.15) is 0 Å². The Balaban J connectivity index is 1.23. The lowest BCUT2D eigenvalue weighted by molar-refractivity contribution is 0.664. The molecule has 4 aromatic carbocycles. The first kappa shape index (κ1) is 52.9. The molecule has 0 saturated carbocycles. The number of hydrogen-bond acceptors (Lipinski definition) is 5. The number of hydrogen-bond donors (Lipinski definition) is 0. The number of unbranched alkanes of at least 4 members (excludes halogenated alkanes) is 12. The van der Waals surface area contributed by atoms with Gasteiger partial charge >= 0.3 is 0 Å². The van der Waals surface area contributed by atoms with E-state index in [0.717, 1.165) is 25.7 Å². The lowest BCUT2D eigenvalue weighted by Gasteiger charge is -2.35. The van der Waals surface area contributed by atoms with Crippen LogP contribution in [0, 0.1) is 27.7 Å². The topological polar surface area (TPSA) is 0 Å². The Labute approximate surface area is 470 Å². The highest BCUT2D eigenvalue weighted by atomic mass is 32.1. The highest BCUT2D eigenvalue weighted by Crippen LogP contribution is 2.71. The van der Waals surface area contributed by atoms with E-state index in [0.29, 0.717) is 0 Å². The third-order valence-corrected chi connectivity index (χ3v) is 23.0. The largest absolute Gasteiger partial charge is 0.143 e. The van der Waals surface area contributed by atoms with Gasteiger partial charge < -0.3 is 0 Å². The minimum absolute atomic E-state index is 0.443. The fourth-order valence-electron chi connectivity index (χ4n) is 13.7. The van der Waals surface area contributed by atoms with Crippen molar-refractivity contribution in [3.8, 4) is 19.5 Å². The second-order valence-corrected chi connectivity index (χ2v) is 27.9. The summed E-state index contributed by atoms with van der Waals surface area (Å²) in [5.74, 6) is 0. The van der Waals surface area contributed by atoms with E-state index in [9.17, 15) is 0 Å². The molecule has 9 aromatic rings. The quantitative estimate of drug-likeness (QED) is 0.0529. The summed E-state index contributed by atoms with van der Waals surface area (Å²) in [5, 5.41) is 4.79. The van der Waals surface area contributed by atoms with Gasteiger partial charge in [-0.1, -0.05) is 200 Å². The maximum Gasteiger partial charge on any atom is 0.0759 e. The van der Waals surface area contributed by atoms with E-state index < -0.39 is 10.8 Å². The molecule has 0 saturated heterocycles. The van der Waals surface area contributed by atoms with Crippen LogP contribution in [0.3, 0.4) is 0 Å². The first-order valence-corrected chi connectivity index (χ1v) is 33.5. The summed E-state index contributed by atoms with van der Waals surface area (Å²) in [6.07, 6.45) is 24.9. The molecule has 0 amide bonds. The van der Waals surface area contributed by atoms with Gasteiger partial charge in [0.2, 0.25) is 0 Å². The van der Waals surface area contributed by atoms with E-state index in [1.165, 1.54) is 213 Å². The molecular formula is C70H80S5. The van der Waals surface area contributed by atoms with Crippen LogP contribution in [-0.2, 0) is 36.5 Å². The van der Waals surface area contributed by atoms with Crippen LogP contribution in [0.4, 0.5) is 0 Å². The molecule has 0 unspecified atom stereocenters. The van der Waals surface area contributed by atoms with Crippen LogP contribution in [0.2, 0.25) is 0 Å². The number of benzene rings is 4. The highest BCUT2D eigenvalue weighted by molar-refractivity contribution is 7.36. The first-order chi connectivity index (χ1) is 36.6. The van der Waals surface area contributed by atoms with E-state index in [2.05, 4.69) is 185 Å². The fraction of sp³-hybridized carbons (Fsp3) is 0.429. The Hall–Kier alpha value is -4.10. The van der Waals surface area contributed by atoms with Gasteiger partial charge in [-0.05, 0) is 152 Å². The van der Waals surface area contributed by atoms with Gasteiger partial charge in [-0.2, -0.15) is 0 Å². The van der Waals surface area contributed by atoms with Gasteiger partial charge in [0, 0.05) is 26.3 Å². The first-order valence-electron chi connectivity index (χ1n) is 29.3. The smallest absolute Gasteiger partial charge is 0.0759 e. The highest BCUT2D eigenvalue weighted by Gasteiger charge is 2.56. The van der Waals surface area contributed by atoms with Crippen molar-refractivity contribution < 1.29 is 0 Å². The predicted octanol–water partition coefficient (Wildman–Crippen LogP) is 22.8. The molecule has 5 aromatic heterocycles. The fourth-order valence-corrected chi connectivity index (χ4v) is 20.6. The number of aryl methyl sites for hydroxylation is 8. The third-order valence-electron chi connectivity index (χ3n) is 17.0. The maximum absolute atomic E-state index is 2.69. The van der Waals surface area contributed by atoms with Crippen LogP contribution in [0.25, 0.3) is 38.3 Å². The van der Waals surface area contributed by atoms with E-state index in [1.54, 1.807) is 16.7 Å². The molecule has 5 heteroatoms. The summed E-state index contributed by atoms with van der Waals surface area (Å²) in [6.45, 7) is 18.8. The Bertz CT molecular complexity index is 3340. The SMILES string of the molecule is CCCCCCc1cc(C)cc(C2(c3cc(C)cc(CCCCCC)c3)c3ccsc3-c3sc4c5c(sc4c32)-c2sc3ccsc3c2C5(c2cc(C)cc(CCCCCC)c2)c2cc(C)cc(CCCCCC)c2)c1. The molecule has 75 heavy (non-hydrogen) atoms. The number of thiophene rings is 5. The molecule has 5 heterocycles. The Morgan fingerprint density at radius 1 is 0.333 bits per heavy atom. The number of fused-ring (bicyclic) bond motifs is 11. The van der Waals surface area contributed by atoms with Crippen LogP contribution < -0.4 is 0 Å². The monoisotopic (exact) mass is 1080 g/mol. The van der Waals surface area contributed by atoms with Gasteiger partial charge in [-0.3, -0.25) is 0 Å². The molecule has 390 valence electrons. The van der Waals surface area contributed by atoms with Gasteiger partial charge in [-0.15, -0.1) is 56.7 Å².